The van der Waals surface area contributed by atoms with Crippen molar-refractivity contribution in [2.45, 2.75) is 6.42 Å². The second-order valence-electron chi connectivity index (χ2n) is 4.68. The van der Waals surface area contributed by atoms with Gasteiger partial charge in [-0.05, 0) is 18.2 Å². The normalized spacial score (nSPS) is 10.8. The van der Waals surface area contributed by atoms with E-state index in [0.29, 0.717) is 41.5 Å². The summed E-state index contributed by atoms with van der Waals surface area (Å²) in [7, 11) is 0. The maximum Gasteiger partial charge on any atom is 0.188 e. The van der Waals surface area contributed by atoms with Gasteiger partial charge in [-0.15, -0.1) is 24.0 Å². The summed E-state index contributed by atoms with van der Waals surface area (Å²) in [6.45, 7) is 1.79. The number of pyridine rings is 2. The fourth-order valence-electron chi connectivity index (χ4n) is 1.81. The smallest absolute Gasteiger partial charge is 0.188 e. The molecule has 0 spiro atoms. The first kappa shape index (κ1) is 20.7. The van der Waals surface area contributed by atoms with E-state index < -0.39 is 0 Å². The van der Waals surface area contributed by atoms with Gasteiger partial charge in [0.05, 0.1) is 10.0 Å². The monoisotopic (exact) mass is 480 g/mol. The highest BCUT2D eigenvalue weighted by Crippen LogP contribution is 2.21. The summed E-state index contributed by atoms with van der Waals surface area (Å²) < 4.78 is 0. The van der Waals surface area contributed by atoms with Crippen molar-refractivity contribution in [1.82, 2.24) is 15.3 Å². The van der Waals surface area contributed by atoms with Crippen molar-refractivity contribution in [2.24, 2.45) is 10.7 Å². The predicted octanol–water partition coefficient (Wildman–Crippen LogP) is 2.96. The molecule has 0 aliphatic carbocycles. The summed E-state index contributed by atoms with van der Waals surface area (Å²) in [5, 5.41) is 7.09. The third-order valence-corrected chi connectivity index (χ3v) is 3.40. The van der Waals surface area contributed by atoms with Crippen LogP contribution in [-0.2, 0) is 6.42 Å². The third kappa shape index (κ3) is 7.50. The Morgan fingerprint density at radius 2 is 2.04 bits per heavy atom. The molecule has 0 bridgehead atoms. The van der Waals surface area contributed by atoms with Crippen molar-refractivity contribution in [3.8, 4) is 0 Å². The first-order chi connectivity index (χ1) is 11.1. The third-order valence-electron chi connectivity index (χ3n) is 2.91. The highest BCUT2D eigenvalue weighted by molar-refractivity contribution is 14.0. The van der Waals surface area contributed by atoms with E-state index in [1.165, 1.54) is 6.20 Å². The van der Waals surface area contributed by atoms with E-state index in [1.54, 1.807) is 12.3 Å². The number of halogens is 3. The van der Waals surface area contributed by atoms with E-state index in [0.717, 1.165) is 12.1 Å². The van der Waals surface area contributed by atoms with Gasteiger partial charge in [0.15, 0.2) is 5.96 Å². The molecular weight excluding hydrogens is 462 g/mol. The zero-order valence-corrected chi connectivity index (χ0v) is 16.7. The molecule has 0 unspecified atom stereocenters. The minimum Gasteiger partial charge on any atom is -0.370 e. The minimum absolute atomic E-state index is 0. The van der Waals surface area contributed by atoms with E-state index >= 15 is 0 Å². The number of nitrogens with zero attached hydrogens (tertiary/aromatic N) is 3. The van der Waals surface area contributed by atoms with E-state index in [9.17, 15) is 0 Å². The molecule has 0 aliphatic rings. The maximum atomic E-state index is 6.01. The topological polar surface area (TPSA) is 88.2 Å². The molecule has 6 nitrogen and oxygen atoms in total. The van der Waals surface area contributed by atoms with Gasteiger partial charge >= 0.3 is 0 Å². The number of nitrogens with two attached hydrogens (primary N) is 1. The lowest BCUT2D eigenvalue weighted by atomic mass is 10.3. The molecule has 130 valence electrons. The fourth-order valence-corrected chi connectivity index (χ4v) is 2.26. The SMILES string of the molecule is I.NC(=NCCc1ccccn1)NCCNc1ncc(Cl)cc1Cl. The van der Waals surface area contributed by atoms with E-state index in [4.69, 9.17) is 28.9 Å². The zero-order valence-electron chi connectivity index (χ0n) is 12.9. The number of nitrogens with one attached hydrogen (secondary N) is 2. The standard InChI is InChI=1S/C15H18Cl2N6.HI/c16-11-9-13(17)14(23-10-11)20-7-8-22-15(18)21-6-4-12-3-1-2-5-19-12;/h1-3,5,9-10H,4,6-8H2,(H,20,23)(H3,18,21,22);1H. The molecule has 24 heavy (non-hydrogen) atoms. The second kappa shape index (κ2) is 11.3. The van der Waals surface area contributed by atoms with Crippen LogP contribution in [0.2, 0.25) is 10.0 Å². The number of aromatic nitrogens is 2. The van der Waals surface area contributed by atoms with Gasteiger partial charge in [0.25, 0.3) is 0 Å². The van der Waals surface area contributed by atoms with Crippen LogP contribution >= 0.6 is 47.2 Å². The molecule has 0 saturated heterocycles. The molecule has 0 saturated carbocycles. The Kier molecular flexibility index (Phi) is 9.73. The second-order valence-corrected chi connectivity index (χ2v) is 5.52. The van der Waals surface area contributed by atoms with Crippen LogP contribution in [0.5, 0.6) is 0 Å². The van der Waals surface area contributed by atoms with Crippen molar-refractivity contribution >= 4 is 59.0 Å². The predicted molar refractivity (Wildman–Crippen MR) is 111 cm³/mol. The first-order valence-corrected chi connectivity index (χ1v) is 7.89. The van der Waals surface area contributed by atoms with E-state index in [1.807, 2.05) is 18.2 Å². The summed E-state index contributed by atoms with van der Waals surface area (Å²) in [4.78, 5) is 12.6. The van der Waals surface area contributed by atoms with Gasteiger partial charge in [-0.1, -0.05) is 29.3 Å². The maximum absolute atomic E-state index is 6.01. The van der Waals surface area contributed by atoms with Crippen molar-refractivity contribution in [2.75, 3.05) is 25.0 Å². The van der Waals surface area contributed by atoms with Gasteiger partial charge in [-0.25, -0.2) is 4.98 Å². The lowest BCUT2D eigenvalue weighted by Crippen LogP contribution is -2.35. The number of guanidine groups is 1. The largest absolute Gasteiger partial charge is 0.370 e. The summed E-state index contributed by atoms with van der Waals surface area (Å²) in [6, 6.07) is 7.44. The summed E-state index contributed by atoms with van der Waals surface area (Å²) in [6.07, 6.45) is 4.06. The van der Waals surface area contributed by atoms with Crippen LogP contribution in [0.1, 0.15) is 5.69 Å². The Morgan fingerprint density at radius 3 is 2.75 bits per heavy atom. The van der Waals surface area contributed by atoms with Gasteiger partial charge in [0.2, 0.25) is 0 Å². The molecule has 2 aromatic heterocycles. The van der Waals surface area contributed by atoms with Crippen LogP contribution in [0, 0.1) is 0 Å². The van der Waals surface area contributed by atoms with Crippen molar-refractivity contribution < 1.29 is 0 Å². The number of hydrogen-bond acceptors (Lipinski definition) is 4. The molecule has 0 fully saturated rings. The summed E-state index contributed by atoms with van der Waals surface area (Å²) >= 11 is 11.8. The molecule has 0 atom stereocenters. The fraction of sp³-hybridized carbons (Fsp3) is 0.267. The van der Waals surface area contributed by atoms with Crippen molar-refractivity contribution in [3.63, 3.8) is 0 Å². The summed E-state index contributed by atoms with van der Waals surface area (Å²) in [5.74, 6) is 0.987. The van der Waals surface area contributed by atoms with Crippen LogP contribution in [0.4, 0.5) is 5.82 Å². The molecule has 0 aliphatic heterocycles. The average Bonchev–Trinajstić information content (AvgIpc) is 2.54. The first-order valence-electron chi connectivity index (χ1n) is 7.14. The van der Waals surface area contributed by atoms with Crippen LogP contribution < -0.4 is 16.4 Å². The molecule has 0 amide bonds. The van der Waals surface area contributed by atoms with Gasteiger partial charge in [-0.2, -0.15) is 0 Å². The van der Waals surface area contributed by atoms with Crippen LogP contribution in [0.3, 0.4) is 0 Å². The van der Waals surface area contributed by atoms with Crippen molar-refractivity contribution in [3.05, 3.63) is 52.4 Å². The highest BCUT2D eigenvalue weighted by Gasteiger charge is 2.01. The highest BCUT2D eigenvalue weighted by atomic mass is 127. The molecule has 0 radical (unpaired) electrons. The Balaban J connectivity index is 0.00000288. The minimum atomic E-state index is 0. The lowest BCUT2D eigenvalue weighted by molar-refractivity contribution is 0.863. The Morgan fingerprint density at radius 1 is 1.21 bits per heavy atom. The van der Waals surface area contributed by atoms with Crippen LogP contribution in [0.15, 0.2) is 41.7 Å². The number of anilines is 1. The Bertz CT molecular complexity index is 654. The lowest BCUT2D eigenvalue weighted by Gasteiger charge is -2.09. The Labute approximate surface area is 168 Å². The molecule has 2 rings (SSSR count). The van der Waals surface area contributed by atoms with Gasteiger partial charge in [0, 0.05) is 44.1 Å². The number of aliphatic imine (C=N–C) groups is 1. The molecule has 9 heteroatoms. The Hall–Kier alpha value is -1.32. The van der Waals surface area contributed by atoms with E-state index in [2.05, 4.69) is 25.6 Å². The molecule has 2 heterocycles. The van der Waals surface area contributed by atoms with Gasteiger partial charge < -0.3 is 16.4 Å². The van der Waals surface area contributed by atoms with E-state index in [-0.39, 0.29) is 24.0 Å². The number of rotatable bonds is 7. The molecule has 0 aromatic carbocycles. The molecule has 2 aromatic rings. The van der Waals surface area contributed by atoms with Gasteiger partial charge in [0.1, 0.15) is 5.82 Å². The van der Waals surface area contributed by atoms with Gasteiger partial charge in [-0.3, -0.25) is 9.98 Å². The van der Waals surface area contributed by atoms with Crippen molar-refractivity contribution in [1.29, 1.82) is 0 Å². The molecule has 4 N–H and O–H groups in total. The number of hydrogen-bond donors (Lipinski definition) is 3. The van der Waals surface area contributed by atoms with Crippen LogP contribution in [0.25, 0.3) is 0 Å². The van der Waals surface area contributed by atoms with Crippen LogP contribution in [-0.4, -0.2) is 35.6 Å². The average molecular weight is 481 g/mol. The zero-order chi connectivity index (χ0) is 16.5. The molecular formula is C15H19Cl2IN6. The quantitative estimate of drug-likeness (QED) is 0.245. The summed E-state index contributed by atoms with van der Waals surface area (Å²) in [5.41, 5.74) is 6.79.